The third kappa shape index (κ3) is 2.97. The molecule has 112 valence electrons. The minimum Gasteiger partial charge on any atom is -0.371 e. The van der Waals surface area contributed by atoms with Crippen LogP contribution in [0.3, 0.4) is 0 Å². The van der Waals surface area contributed by atoms with E-state index in [1.54, 1.807) is 11.5 Å². The Morgan fingerprint density at radius 3 is 2.90 bits per heavy atom. The van der Waals surface area contributed by atoms with Crippen LogP contribution in [0.2, 0.25) is 0 Å². The molecule has 0 amide bonds. The van der Waals surface area contributed by atoms with Crippen LogP contribution in [0.1, 0.15) is 23.1 Å². The molecule has 1 atom stereocenters. The van der Waals surface area contributed by atoms with Gasteiger partial charge in [0.15, 0.2) is 5.03 Å². The summed E-state index contributed by atoms with van der Waals surface area (Å²) in [6, 6.07) is 8.14. The molecule has 5 nitrogen and oxygen atoms in total. The van der Waals surface area contributed by atoms with Gasteiger partial charge in [0, 0.05) is 16.9 Å². The van der Waals surface area contributed by atoms with Gasteiger partial charge in [-0.05, 0) is 24.5 Å². The summed E-state index contributed by atoms with van der Waals surface area (Å²) in [5, 5.41) is -0.120. The molecular weight excluding hydrogens is 312 g/mol. The molecule has 0 bridgehead atoms. The first-order valence-electron chi connectivity index (χ1n) is 6.63. The molecule has 0 saturated heterocycles. The minimum absolute atomic E-state index is 0.103. The predicted molar refractivity (Wildman–Crippen MR) is 78.8 cm³/mol. The topological polar surface area (TPSA) is 61.2 Å². The molecule has 0 radical (unpaired) electrons. The van der Waals surface area contributed by atoms with Gasteiger partial charge in [0.25, 0.3) is 9.05 Å². The van der Waals surface area contributed by atoms with Crippen LogP contribution in [-0.4, -0.2) is 24.6 Å². The van der Waals surface area contributed by atoms with Crippen molar-refractivity contribution in [2.24, 2.45) is 0 Å². The van der Waals surface area contributed by atoms with Gasteiger partial charge in [0.2, 0.25) is 0 Å². The molecule has 7 heteroatoms. The van der Waals surface area contributed by atoms with E-state index in [0.29, 0.717) is 19.0 Å². The second-order valence-electron chi connectivity index (χ2n) is 5.02. The Bertz CT molecular complexity index is 770. The Balaban J connectivity index is 1.90. The Kier molecular flexibility index (Phi) is 3.77. The van der Waals surface area contributed by atoms with Gasteiger partial charge in [-0.2, -0.15) is 0 Å². The first-order valence-corrected chi connectivity index (χ1v) is 8.94. The van der Waals surface area contributed by atoms with E-state index in [-0.39, 0.29) is 11.1 Å². The largest absolute Gasteiger partial charge is 0.371 e. The fourth-order valence-electron chi connectivity index (χ4n) is 2.59. The van der Waals surface area contributed by atoms with E-state index < -0.39 is 9.05 Å². The van der Waals surface area contributed by atoms with Crippen molar-refractivity contribution >= 4 is 19.7 Å². The second kappa shape index (κ2) is 5.44. The molecule has 1 aromatic carbocycles. The van der Waals surface area contributed by atoms with Crippen LogP contribution in [0, 0.1) is 6.92 Å². The zero-order valence-electron chi connectivity index (χ0n) is 11.5. The normalized spacial score (nSPS) is 18.5. The molecule has 0 aliphatic carbocycles. The average molecular weight is 327 g/mol. The molecule has 0 N–H and O–H groups in total. The van der Waals surface area contributed by atoms with Gasteiger partial charge >= 0.3 is 0 Å². The molecule has 1 aliphatic rings. The molecule has 0 spiro atoms. The van der Waals surface area contributed by atoms with Gasteiger partial charge in [-0.15, -0.1) is 0 Å². The summed E-state index contributed by atoms with van der Waals surface area (Å²) in [5.74, 6) is 0.598. The van der Waals surface area contributed by atoms with Gasteiger partial charge in [-0.25, -0.2) is 13.4 Å². The van der Waals surface area contributed by atoms with Crippen LogP contribution in [0.4, 0.5) is 0 Å². The van der Waals surface area contributed by atoms with Crippen molar-refractivity contribution in [1.29, 1.82) is 0 Å². The van der Waals surface area contributed by atoms with E-state index in [1.165, 1.54) is 11.8 Å². The summed E-state index contributed by atoms with van der Waals surface area (Å²) >= 11 is 0. The Labute approximate surface area is 127 Å². The summed E-state index contributed by atoms with van der Waals surface area (Å²) in [7, 11) is 1.53. The van der Waals surface area contributed by atoms with Crippen LogP contribution in [0.5, 0.6) is 0 Å². The highest BCUT2D eigenvalue weighted by atomic mass is 35.7. The molecule has 3 rings (SSSR count). The first-order chi connectivity index (χ1) is 9.95. The Morgan fingerprint density at radius 2 is 2.19 bits per heavy atom. The van der Waals surface area contributed by atoms with E-state index in [4.69, 9.17) is 15.4 Å². The van der Waals surface area contributed by atoms with Gasteiger partial charge in [-0.1, -0.05) is 24.3 Å². The van der Waals surface area contributed by atoms with Gasteiger partial charge in [-0.3, -0.25) is 0 Å². The van der Waals surface area contributed by atoms with Gasteiger partial charge in [0.1, 0.15) is 11.9 Å². The maximum atomic E-state index is 11.3. The highest BCUT2D eigenvalue weighted by molar-refractivity contribution is 8.13. The SMILES string of the molecule is Cc1nc(S(=O)(=O)Cl)cn1CC1OCCc2ccccc21. The molecule has 1 aliphatic heterocycles. The van der Waals surface area contributed by atoms with Crippen molar-refractivity contribution in [2.75, 3.05) is 6.61 Å². The summed E-state index contributed by atoms with van der Waals surface area (Å²) in [6.45, 7) is 2.93. The number of nitrogens with zero attached hydrogens (tertiary/aromatic N) is 2. The number of hydrogen-bond acceptors (Lipinski definition) is 4. The monoisotopic (exact) mass is 326 g/mol. The summed E-state index contributed by atoms with van der Waals surface area (Å²) in [6.07, 6.45) is 2.25. The van der Waals surface area contributed by atoms with E-state index in [1.807, 2.05) is 18.2 Å². The van der Waals surface area contributed by atoms with Crippen LogP contribution >= 0.6 is 10.7 Å². The molecule has 1 aromatic heterocycles. The van der Waals surface area contributed by atoms with Crippen LogP contribution in [-0.2, 0) is 26.8 Å². The van der Waals surface area contributed by atoms with Crippen LogP contribution in [0.15, 0.2) is 35.5 Å². The lowest BCUT2D eigenvalue weighted by molar-refractivity contribution is 0.0302. The number of fused-ring (bicyclic) bond motifs is 1. The molecule has 1 unspecified atom stereocenters. The van der Waals surface area contributed by atoms with Gasteiger partial charge < -0.3 is 9.30 Å². The summed E-state index contributed by atoms with van der Waals surface area (Å²) in [5.41, 5.74) is 2.42. The van der Waals surface area contributed by atoms with Gasteiger partial charge in [0.05, 0.1) is 13.2 Å². The van der Waals surface area contributed by atoms with E-state index in [0.717, 1.165) is 12.0 Å². The number of halogens is 1. The number of hydrogen-bond donors (Lipinski definition) is 0. The van der Waals surface area contributed by atoms with E-state index in [2.05, 4.69) is 11.1 Å². The third-order valence-corrected chi connectivity index (χ3v) is 4.83. The first kappa shape index (κ1) is 14.6. The quantitative estimate of drug-likeness (QED) is 0.813. The van der Waals surface area contributed by atoms with Crippen molar-refractivity contribution in [3.8, 4) is 0 Å². The van der Waals surface area contributed by atoms with Crippen molar-refractivity contribution in [1.82, 2.24) is 9.55 Å². The standard InChI is InChI=1S/C14H15ClN2O3S/c1-10-16-14(21(15,18)19)9-17(10)8-13-12-5-3-2-4-11(12)6-7-20-13/h2-5,9,13H,6-8H2,1H3. The molecule has 2 aromatic rings. The van der Waals surface area contributed by atoms with E-state index in [9.17, 15) is 8.42 Å². The fraction of sp³-hybridized carbons (Fsp3) is 0.357. The highest BCUT2D eigenvalue weighted by Crippen LogP contribution is 2.29. The number of benzene rings is 1. The number of aryl methyl sites for hydroxylation is 1. The zero-order chi connectivity index (χ0) is 15.0. The van der Waals surface area contributed by atoms with Crippen LogP contribution < -0.4 is 0 Å². The minimum atomic E-state index is -3.81. The van der Waals surface area contributed by atoms with E-state index >= 15 is 0 Å². The number of aromatic nitrogens is 2. The lowest BCUT2D eigenvalue weighted by Crippen LogP contribution is -2.20. The molecular formula is C14H15ClN2O3S. The lowest BCUT2D eigenvalue weighted by Gasteiger charge is -2.26. The average Bonchev–Trinajstić information content (AvgIpc) is 2.81. The maximum Gasteiger partial charge on any atom is 0.280 e. The van der Waals surface area contributed by atoms with Crippen molar-refractivity contribution in [3.63, 3.8) is 0 Å². The van der Waals surface area contributed by atoms with Crippen molar-refractivity contribution < 1.29 is 13.2 Å². The molecule has 0 saturated carbocycles. The lowest BCUT2D eigenvalue weighted by atomic mass is 9.97. The summed E-state index contributed by atoms with van der Waals surface area (Å²) < 4.78 is 30.3. The zero-order valence-corrected chi connectivity index (χ0v) is 13.1. The summed E-state index contributed by atoms with van der Waals surface area (Å²) in [4.78, 5) is 3.99. The Hall–Kier alpha value is -1.37. The van der Waals surface area contributed by atoms with Crippen molar-refractivity contribution in [2.45, 2.75) is 31.0 Å². The Morgan fingerprint density at radius 1 is 1.43 bits per heavy atom. The smallest absolute Gasteiger partial charge is 0.280 e. The maximum absolute atomic E-state index is 11.3. The number of rotatable bonds is 3. The van der Waals surface area contributed by atoms with Crippen molar-refractivity contribution in [3.05, 3.63) is 47.4 Å². The molecule has 21 heavy (non-hydrogen) atoms. The fourth-order valence-corrected chi connectivity index (χ4v) is 3.31. The molecule has 2 heterocycles. The third-order valence-electron chi connectivity index (χ3n) is 3.66. The number of imidazole rings is 1. The molecule has 0 fully saturated rings. The highest BCUT2D eigenvalue weighted by Gasteiger charge is 2.23. The number of ether oxygens (including phenoxy) is 1. The second-order valence-corrected chi connectivity index (χ2v) is 7.54. The predicted octanol–water partition coefficient (Wildman–Crippen LogP) is 2.43. The van der Waals surface area contributed by atoms with Crippen LogP contribution in [0.25, 0.3) is 0 Å².